The molecule has 0 saturated heterocycles. The molecule has 1 aromatic rings. The van der Waals surface area contributed by atoms with E-state index in [4.69, 9.17) is 9.47 Å². The van der Waals surface area contributed by atoms with E-state index in [-0.39, 0.29) is 6.10 Å². The quantitative estimate of drug-likeness (QED) is 0.632. The Hall–Kier alpha value is -2.00. The van der Waals surface area contributed by atoms with Gasteiger partial charge in [0.1, 0.15) is 0 Å². The van der Waals surface area contributed by atoms with Crippen LogP contribution in [-0.4, -0.2) is 25.4 Å². The number of aliphatic hydroxyl groups excluding tert-OH is 1. The highest BCUT2D eigenvalue weighted by atomic mass is 16.5. The van der Waals surface area contributed by atoms with Gasteiger partial charge in [0.05, 0.1) is 20.3 Å². The first-order valence-corrected chi connectivity index (χ1v) is 10.4. The zero-order valence-electron chi connectivity index (χ0n) is 17.9. The molecular formula is C25H34O3. The van der Waals surface area contributed by atoms with Crippen LogP contribution in [0.1, 0.15) is 52.0 Å². The summed E-state index contributed by atoms with van der Waals surface area (Å²) in [6.07, 6.45) is 11.0. The molecule has 3 nitrogen and oxygen atoms in total. The molecule has 3 rings (SSSR count). The Morgan fingerprint density at radius 2 is 1.75 bits per heavy atom. The second-order valence-corrected chi connectivity index (χ2v) is 8.35. The van der Waals surface area contributed by atoms with Gasteiger partial charge < -0.3 is 14.6 Å². The standard InChI is InChI=1S/C25H34O3/c1-16-6-12-22(20-9-13-24(27-4)25(15-20)28-5)23(16)14-17(2)18(3)19-7-10-21(26)11-8-19/h6,9,12-15,18-19,21,23,26H,7-8,10-11H2,1-5H3. The fourth-order valence-corrected chi connectivity index (χ4v) is 4.57. The molecule has 0 aliphatic heterocycles. The smallest absolute Gasteiger partial charge is 0.161 e. The van der Waals surface area contributed by atoms with Crippen LogP contribution >= 0.6 is 0 Å². The molecule has 0 heterocycles. The Morgan fingerprint density at radius 3 is 2.39 bits per heavy atom. The molecule has 152 valence electrons. The second kappa shape index (κ2) is 9.00. The van der Waals surface area contributed by atoms with Gasteiger partial charge in [-0.15, -0.1) is 0 Å². The summed E-state index contributed by atoms with van der Waals surface area (Å²) in [6, 6.07) is 6.16. The maximum absolute atomic E-state index is 9.80. The van der Waals surface area contributed by atoms with E-state index in [1.54, 1.807) is 14.2 Å². The summed E-state index contributed by atoms with van der Waals surface area (Å²) in [7, 11) is 3.34. The van der Waals surface area contributed by atoms with Crippen molar-refractivity contribution in [1.29, 1.82) is 0 Å². The summed E-state index contributed by atoms with van der Waals surface area (Å²) in [4.78, 5) is 0. The van der Waals surface area contributed by atoms with E-state index in [2.05, 4.69) is 51.1 Å². The molecule has 1 saturated carbocycles. The van der Waals surface area contributed by atoms with Crippen molar-refractivity contribution in [2.75, 3.05) is 14.2 Å². The fraction of sp³-hybridized carbons (Fsp3) is 0.520. The Balaban J connectivity index is 1.81. The summed E-state index contributed by atoms with van der Waals surface area (Å²) in [5.41, 5.74) is 5.31. The SMILES string of the molecule is COc1ccc(C2=CC=C(C)C2C=C(C)C(C)C2CCC(O)CC2)cc1OC. The number of methoxy groups -OCH3 is 2. The second-order valence-electron chi connectivity index (χ2n) is 8.35. The Labute approximate surface area is 169 Å². The van der Waals surface area contributed by atoms with Gasteiger partial charge in [-0.2, -0.15) is 0 Å². The normalized spacial score (nSPS) is 26.5. The van der Waals surface area contributed by atoms with Crippen LogP contribution in [0, 0.1) is 17.8 Å². The van der Waals surface area contributed by atoms with Gasteiger partial charge in [0.15, 0.2) is 11.5 Å². The number of rotatable bonds is 6. The van der Waals surface area contributed by atoms with E-state index in [0.717, 1.165) is 37.2 Å². The molecule has 0 amide bonds. The average Bonchev–Trinajstić information content (AvgIpc) is 3.07. The van der Waals surface area contributed by atoms with Crippen LogP contribution in [0.15, 0.2) is 47.6 Å². The predicted molar refractivity (Wildman–Crippen MR) is 116 cm³/mol. The Morgan fingerprint density at radius 1 is 1.07 bits per heavy atom. The van der Waals surface area contributed by atoms with Crippen LogP contribution < -0.4 is 9.47 Å². The summed E-state index contributed by atoms with van der Waals surface area (Å²) in [5.74, 6) is 3.05. The monoisotopic (exact) mass is 382 g/mol. The fourth-order valence-electron chi connectivity index (χ4n) is 4.57. The lowest BCUT2D eigenvalue weighted by molar-refractivity contribution is 0.0983. The molecule has 0 spiro atoms. The van der Waals surface area contributed by atoms with E-state index in [9.17, 15) is 5.11 Å². The number of benzene rings is 1. The zero-order valence-corrected chi connectivity index (χ0v) is 17.9. The number of hydrogen-bond donors (Lipinski definition) is 1. The molecule has 1 aromatic carbocycles. The third kappa shape index (κ3) is 4.35. The van der Waals surface area contributed by atoms with Crippen LogP contribution in [-0.2, 0) is 0 Å². The van der Waals surface area contributed by atoms with E-state index in [0.29, 0.717) is 17.8 Å². The maximum atomic E-state index is 9.80. The topological polar surface area (TPSA) is 38.7 Å². The summed E-state index contributed by atoms with van der Waals surface area (Å²) >= 11 is 0. The van der Waals surface area contributed by atoms with Crippen LogP contribution in [0.5, 0.6) is 11.5 Å². The van der Waals surface area contributed by atoms with Crippen LogP contribution in [0.3, 0.4) is 0 Å². The molecule has 28 heavy (non-hydrogen) atoms. The minimum Gasteiger partial charge on any atom is -0.493 e. The molecule has 0 aromatic heterocycles. The van der Waals surface area contributed by atoms with Gasteiger partial charge in [0.25, 0.3) is 0 Å². The lowest BCUT2D eigenvalue weighted by Gasteiger charge is -2.31. The molecule has 1 fully saturated rings. The van der Waals surface area contributed by atoms with Crippen molar-refractivity contribution in [2.45, 2.75) is 52.6 Å². The van der Waals surface area contributed by atoms with Gasteiger partial charge >= 0.3 is 0 Å². The molecule has 2 atom stereocenters. The van der Waals surface area contributed by atoms with Gasteiger partial charge in [0.2, 0.25) is 0 Å². The van der Waals surface area contributed by atoms with Crippen LogP contribution in [0.4, 0.5) is 0 Å². The largest absolute Gasteiger partial charge is 0.493 e. The molecule has 2 unspecified atom stereocenters. The maximum Gasteiger partial charge on any atom is 0.161 e. The highest BCUT2D eigenvalue weighted by Gasteiger charge is 2.27. The van der Waals surface area contributed by atoms with E-state index in [1.807, 2.05) is 6.07 Å². The molecule has 0 radical (unpaired) electrons. The third-order valence-corrected chi connectivity index (χ3v) is 6.66. The first-order valence-electron chi connectivity index (χ1n) is 10.4. The summed E-state index contributed by atoms with van der Waals surface area (Å²) in [5, 5.41) is 9.80. The summed E-state index contributed by atoms with van der Waals surface area (Å²) in [6.45, 7) is 6.83. The van der Waals surface area contributed by atoms with E-state index >= 15 is 0 Å². The van der Waals surface area contributed by atoms with Crippen molar-refractivity contribution < 1.29 is 14.6 Å². The van der Waals surface area contributed by atoms with Gasteiger partial charge in [0, 0.05) is 5.92 Å². The number of aliphatic hydroxyl groups is 1. The van der Waals surface area contributed by atoms with Crippen molar-refractivity contribution in [3.8, 4) is 11.5 Å². The lowest BCUT2D eigenvalue weighted by atomic mass is 9.76. The predicted octanol–water partition coefficient (Wildman–Crippen LogP) is 5.80. The zero-order chi connectivity index (χ0) is 20.3. The Bertz CT molecular complexity index is 779. The molecular weight excluding hydrogens is 348 g/mol. The minimum absolute atomic E-state index is 0.0904. The first-order chi connectivity index (χ1) is 13.4. The number of hydrogen-bond acceptors (Lipinski definition) is 3. The van der Waals surface area contributed by atoms with Crippen molar-refractivity contribution in [1.82, 2.24) is 0 Å². The van der Waals surface area contributed by atoms with Crippen molar-refractivity contribution >= 4 is 5.57 Å². The molecule has 1 N–H and O–H groups in total. The van der Waals surface area contributed by atoms with Gasteiger partial charge in [-0.1, -0.05) is 42.4 Å². The molecule has 3 heteroatoms. The van der Waals surface area contributed by atoms with Gasteiger partial charge in [-0.3, -0.25) is 0 Å². The molecule has 2 aliphatic rings. The van der Waals surface area contributed by atoms with Gasteiger partial charge in [-0.25, -0.2) is 0 Å². The van der Waals surface area contributed by atoms with Crippen molar-refractivity contribution in [3.63, 3.8) is 0 Å². The lowest BCUT2D eigenvalue weighted by Crippen LogP contribution is -2.23. The molecule has 2 aliphatic carbocycles. The van der Waals surface area contributed by atoms with Gasteiger partial charge in [-0.05, 0) is 74.6 Å². The molecule has 0 bridgehead atoms. The van der Waals surface area contributed by atoms with Crippen molar-refractivity contribution in [2.24, 2.45) is 17.8 Å². The number of ether oxygens (including phenoxy) is 2. The van der Waals surface area contributed by atoms with Crippen molar-refractivity contribution in [3.05, 3.63) is 53.1 Å². The van der Waals surface area contributed by atoms with E-state index in [1.165, 1.54) is 22.3 Å². The number of allylic oxidation sites excluding steroid dienone is 6. The highest BCUT2D eigenvalue weighted by Crippen LogP contribution is 2.41. The average molecular weight is 383 g/mol. The summed E-state index contributed by atoms with van der Waals surface area (Å²) < 4.78 is 10.9. The first kappa shape index (κ1) is 20.7. The highest BCUT2D eigenvalue weighted by molar-refractivity contribution is 5.77. The van der Waals surface area contributed by atoms with E-state index < -0.39 is 0 Å². The minimum atomic E-state index is -0.0904. The Kier molecular flexibility index (Phi) is 6.66. The van der Waals surface area contributed by atoms with Crippen LogP contribution in [0.2, 0.25) is 0 Å². The third-order valence-electron chi connectivity index (χ3n) is 6.66. The van der Waals surface area contributed by atoms with Crippen LogP contribution in [0.25, 0.3) is 5.57 Å².